The average molecular weight is 157 g/mol. The van der Waals surface area contributed by atoms with Crippen LogP contribution in [0.4, 0.5) is 4.79 Å². The zero-order valence-corrected chi connectivity index (χ0v) is 5.89. The van der Waals surface area contributed by atoms with Gasteiger partial charge < -0.3 is 5.73 Å². The van der Waals surface area contributed by atoms with E-state index in [1.165, 1.54) is 0 Å². The zero-order chi connectivity index (χ0) is 8.43. The summed E-state index contributed by atoms with van der Waals surface area (Å²) in [6.45, 7) is 2.08. The van der Waals surface area contributed by atoms with Gasteiger partial charge in [-0.05, 0) is 17.4 Å². The van der Waals surface area contributed by atoms with E-state index in [9.17, 15) is 9.59 Å². The van der Waals surface area contributed by atoms with Gasteiger partial charge in [0, 0.05) is 6.54 Å². The number of rotatable bonds is 1. The lowest BCUT2D eigenvalue weighted by Gasteiger charge is -1.86. The molecule has 1 rings (SSSR count). The largest absolute Gasteiger partial charge is 0.372 e. The van der Waals surface area contributed by atoms with Crippen molar-refractivity contribution in [2.24, 2.45) is 5.73 Å². The molecule has 7 heteroatoms. The van der Waals surface area contributed by atoms with E-state index in [0.29, 0.717) is 11.2 Å². The Labute approximate surface area is 61.4 Å². The summed E-state index contributed by atoms with van der Waals surface area (Å²) in [7, 11) is 0. The van der Waals surface area contributed by atoms with E-state index in [0.717, 1.165) is 4.68 Å². The fourth-order valence-corrected chi connectivity index (χ4v) is 0.611. The molecule has 1 heterocycles. The first-order valence-electron chi connectivity index (χ1n) is 2.99. The minimum atomic E-state index is -0.922. The van der Waals surface area contributed by atoms with Gasteiger partial charge in [-0.15, -0.1) is 4.68 Å². The van der Waals surface area contributed by atoms with Gasteiger partial charge in [-0.1, -0.05) is 0 Å². The van der Waals surface area contributed by atoms with Crippen LogP contribution in [0.2, 0.25) is 0 Å². The second kappa shape index (κ2) is 2.52. The maximum Gasteiger partial charge on any atom is 0.372 e. The van der Waals surface area contributed by atoms with Crippen molar-refractivity contribution >= 4 is 6.03 Å². The molecule has 0 aliphatic heterocycles. The molecule has 0 atom stereocenters. The molecule has 0 radical (unpaired) electrons. The summed E-state index contributed by atoms with van der Waals surface area (Å²) in [5.41, 5.74) is 4.18. The van der Waals surface area contributed by atoms with Gasteiger partial charge in [0.25, 0.3) is 0 Å². The SMILES string of the molecule is CCn1nnn(C(N)=O)c1=O. The minimum Gasteiger partial charge on any atom is -0.350 e. The Kier molecular flexibility index (Phi) is 1.71. The zero-order valence-electron chi connectivity index (χ0n) is 5.89. The summed E-state index contributed by atoms with van der Waals surface area (Å²) in [5.74, 6) is 0. The summed E-state index contributed by atoms with van der Waals surface area (Å²) in [6.07, 6.45) is 0. The first-order valence-corrected chi connectivity index (χ1v) is 2.99. The predicted octanol–water partition coefficient (Wildman–Crippen LogP) is -1.61. The molecule has 0 unspecified atom stereocenters. The van der Waals surface area contributed by atoms with E-state index in [2.05, 4.69) is 10.4 Å². The Bertz CT molecular complexity index is 323. The highest BCUT2D eigenvalue weighted by Crippen LogP contribution is 1.71. The molecule has 0 aromatic carbocycles. The van der Waals surface area contributed by atoms with Crippen molar-refractivity contribution in [3.8, 4) is 0 Å². The van der Waals surface area contributed by atoms with Crippen LogP contribution in [0.1, 0.15) is 6.92 Å². The number of aryl methyl sites for hydroxylation is 1. The summed E-state index contributed by atoms with van der Waals surface area (Å²) >= 11 is 0. The van der Waals surface area contributed by atoms with Crippen LogP contribution < -0.4 is 11.4 Å². The van der Waals surface area contributed by atoms with Gasteiger partial charge in [-0.3, -0.25) is 0 Å². The maximum absolute atomic E-state index is 10.9. The number of hydrogen-bond donors (Lipinski definition) is 1. The second-order valence-corrected chi connectivity index (χ2v) is 1.83. The summed E-state index contributed by atoms with van der Waals surface area (Å²) in [5, 5.41) is 6.60. The first kappa shape index (κ1) is 7.45. The highest BCUT2D eigenvalue weighted by atomic mass is 16.2. The Balaban J connectivity index is 3.22. The lowest BCUT2D eigenvalue weighted by molar-refractivity contribution is 0.246. The van der Waals surface area contributed by atoms with Crippen molar-refractivity contribution in [2.45, 2.75) is 13.5 Å². The topological polar surface area (TPSA) is 95.8 Å². The van der Waals surface area contributed by atoms with Gasteiger partial charge in [0.2, 0.25) is 0 Å². The van der Waals surface area contributed by atoms with Crippen LogP contribution in [0.3, 0.4) is 0 Å². The standard InChI is InChI=1S/C4H7N5O2/c1-2-8-4(11)9(3(5)10)7-6-8/h2H2,1H3,(H2,5,10). The molecular formula is C4H7N5O2. The average Bonchev–Trinajstić information content (AvgIpc) is 2.30. The number of nitrogens with zero attached hydrogens (tertiary/aromatic N) is 4. The third kappa shape index (κ3) is 1.11. The summed E-state index contributed by atoms with van der Waals surface area (Å²) < 4.78 is 1.54. The highest BCUT2D eigenvalue weighted by molar-refractivity contribution is 5.72. The van der Waals surface area contributed by atoms with Gasteiger partial charge in [0.05, 0.1) is 0 Å². The van der Waals surface area contributed by atoms with E-state index in [4.69, 9.17) is 5.73 Å². The number of carbonyl (C=O) groups is 1. The smallest absolute Gasteiger partial charge is 0.350 e. The molecule has 0 fully saturated rings. The Morgan fingerprint density at radius 3 is 2.55 bits per heavy atom. The van der Waals surface area contributed by atoms with Crippen molar-refractivity contribution in [1.82, 2.24) is 19.8 Å². The van der Waals surface area contributed by atoms with Gasteiger partial charge in [0.1, 0.15) is 0 Å². The molecule has 0 spiro atoms. The number of aromatic nitrogens is 4. The molecule has 11 heavy (non-hydrogen) atoms. The number of tetrazole rings is 1. The van der Waals surface area contributed by atoms with Crippen LogP contribution >= 0.6 is 0 Å². The highest BCUT2D eigenvalue weighted by Gasteiger charge is 2.08. The van der Waals surface area contributed by atoms with E-state index in [1.807, 2.05) is 0 Å². The molecule has 7 nitrogen and oxygen atoms in total. The van der Waals surface area contributed by atoms with Crippen molar-refractivity contribution in [2.75, 3.05) is 0 Å². The normalized spacial score (nSPS) is 9.91. The van der Waals surface area contributed by atoms with Gasteiger partial charge >= 0.3 is 11.7 Å². The number of primary amides is 1. The Hall–Kier alpha value is -1.66. The summed E-state index contributed by atoms with van der Waals surface area (Å²) in [4.78, 5) is 21.4. The molecule has 1 aromatic rings. The lowest BCUT2D eigenvalue weighted by atomic mass is 10.8. The molecule has 60 valence electrons. The van der Waals surface area contributed by atoms with E-state index in [-0.39, 0.29) is 0 Å². The Morgan fingerprint density at radius 2 is 2.27 bits per heavy atom. The molecule has 0 aliphatic carbocycles. The lowest BCUT2D eigenvalue weighted by Crippen LogP contribution is -2.33. The van der Waals surface area contributed by atoms with Crippen molar-refractivity contribution in [1.29, 1.82) is 0 Å². The molecule has 1 aromatic heterocycles. The van der Waals surface area contributed by atoms with Crippen molar-refractivity contribution in [3.63, 3.8) is 0 Å². The molecule has 0 saturated heterocycles. The van der Waals surface area contributed by atoms with Crippen LogP contribution in [0.25, 0.3) is 0 Å². The fraction of sp³-hybridized carbons (Fsp3) is 0.500. The van der Waals surface area contributed by atoms with Gasteiger partial charge in [0.15, 0.2) is 0 Å². The third-order valence-electron chi connectivity index (χ3n) is 1.15. The molecular weight excluding hydrogens is 150 g/mol. The monoisotopic (exact) mass is 157 g/mol. The van der Waals surface area contributed by atoms with Gasteiger partial charge in [-0.25, -0.2) is 9.59 Å². The molecule has 0 saturated carbocycles. The second-order valence-electron chi connectivity index (χ2n) is 1.83. The van der Waals surface area contributed by atoms with Crippen LogP contribution in [0.15, 0.2) is 4.79 Å². The predicted molar refractivity (Wildman–Crippen MR) is 34.9 cm³/mol. The Morgan fingerprint density at radius 1 is 1.64 bits per heavy atom. The van der Waals surface area contributed by atoms with Crippen molar-refractivity contribution < 1.29 is 4.79 Å². The van der Waals surface area contributed by atoms with Crippen LogP contribution in [-0.4, -0.2) is 25.8 Å². The van der Waals surface area contributed by atoms with E-state index in [1.54, 1.807) is 6.92 Å². The van der Waals surface area contributed by atoms with Crippen molar-refractivity contribution in [3.05, 3.63) is 10.5 Å². The van der Waals surface area contributed by atoms with Gasteiger partial charge in [-0.2, -0.15) is 4.68 Å². The molecule has 0 bridgehead atoms. The first-order chi connectivity index (χ1) is 5.16. The quantitative estimate of drug-likeness (QED) is 0.496. The summed E-state index contributed by atoms with van der Waals surface area (Å²) in [6, 6.07) is -0.922. The molecule has 1 amide bonds. The van der Waals surface area contributed by atoms with E-state index < -0.39 is 11.7 Å². The van der Waals surface area contributed by atoms with E-state index >= 15 is 0 Å². The number of nitrogens with two attached hydrogens (primary N) is 1. The van der Waals surface area contributed by atoms with Crippen LogP contribution in [0.5, 0.6) is 0 Å². The number of hydrogen-bond acceptors (Lipinski definition) is 4. The number of carbonyl (C=O) groups excluding carboxylic acids is 1. The third-order valence-corrected chi connectivity index (χ3v) is 1.15. The number of amides is 1. The van der Waals surface area contributed by atoms with Crippen LogP contribution in [0, 0.1) is 0 Å². The fourth-order valence-electron chi connectivity index (χ4n) is 0.611. The van der Waals surface area contributed by atoms with Crippen LogP contribution in [-0.2, 0) is 6.54 Å². The molecule has 0 aliphatic rings. The molecule has 2 N–H and O–H groups in total. The minimum absolute atomic E-state index is 0.367. The maximum atomic E-state index is 10.9.